The molecule has 0 heterocycles. The Kier molecular flexibility index (Phi) is 5.22. The lowest BCUT2D eigenvalue weighted by Crippen LogP contribution is -2.21. The third-order valence-corrected chi connectivity index (χ3v) is 4.69. The van der Waals surface area contributed by atoms with Crippen molar-refractivity contribution in [3.8, 4) is 5.75 Å². The highest BCUT2D eigenvalue weighted by Gasteiger charge is 2.24. The normalized spacial score (nSPS) is 14.7. The van der Waals surface area contributed by atoms with Crippen molar-refractivity contribution in [3.63, 3.8) is 0 Å². The van der Waals surface area contributed by atoms with Crippen LogP contribution >= 0.6 is 0 Å². The van der Waals surface area contributed by atoms with E-state index in [0.717, 1.165) is 46.8 Å². The second-order valence-electron chi connectivity index (χ2n) is 6.16. The van der Waals surface area contributed by atoms with Gasteiger partial charge in [0.2, 0.25) is 0 Å². The number of fused-ring (bicyclic) bond motifs is 1. The van der Waals surface area contributed by atoms with Crippen LogP contribution in [0, 0.1) is 0 Å². The molecule has 0 aliphatic heterocycles. The molecule has 2 aromatic carbocycles. The number of rotatable bonds is 6. The Morgan fingerprint density at radius 3 is 2.52 bits per heavy atom. The first-order chi connectivity index (χ1) is 12.2. The van der Waals surface area contributed by atoms with Crippen molar-refractivity contribution in [2.75, 3.05) is 24.6 Å². The Morgan fingerprint density at radius 1 is 1.08 bits per heavy atom. The number of Topliss-reactive ketones (excluding diaryl/α,β-unsaturated/α-hetero) is 1. The lowest BCUT2D eigenvalue weighted by atomic mass is 10.1. The summed E-state index contributed by atoms with van der Waals surface area (Å²) in [5.41, 5.74) is 4.88. The SMILES string of the molecule is CCOc1cc(N(CC)CC)ccc1C=C1Cc2ccccc2C1=O. The van der Waals surface area contributed by atoms with Crippen LogP contribution < -0.4 is 9.64 Å². The summed E-state index contributed by atoms with van der Waals surface area (Å²) < 4.78 is 5.86. The molecule has 0 fully saturated rings. The fourth-order valence-electron chi connectivity index (χ4n) is 3.37. The van der Waals surface area contributed by atoms with Gasteiger partial charge in [0.05, 0.1) is 6.61 Å². The average molecular weight is 335 g/mol. The van der Waals surface area contributed by atoms with Gasteiger partial charge in [-0.1, -0.05) is 24.3 Å². The van der Waals surface area contributed by atoms with Crippen LogP contribution in [0.3, 0.4) is 0 Å². The van der Waals surface area contributed by atoms with Crippen LogP contribution in [-0.2, 0) is 6.42 Å². The predicted molar refractivity (Wildman–Crippen MR) is 104 cm³/mol. The molecule has 0 aromatic heterocycles. The zero-order valence-corrected chi connectivity index (χ0v) is 15.2. The van der Waals surface area contributed by atoms with E-state index in [4.69, 9.17) is 4.74 Å². The summed E-state index contributed by atoms with van der Waals surface area (Å²) in [5.74, 6) is 0.967. The lowest BCUT2D eigenvalue weighted by Gasteiger charge is -2.22. The molecular formula is C22H25NO2. The minimum Gasteiger partial charge on any atom is -0.493 e. The Hall–Kier alpha value is -2.55. The number of hydrogen-bond donors (Lipinski definition) is 0. The van der Waals surface area contributed by atoms with Gasteiger partial charge in [-0.3, -0.25) is 4.79 Å². The number of hydrogen-bond acceptors (Lipinski definition) is 3. The van der Waals surface area contributed by atoms with E-state index in [2.05, 4.69) is 36.9 Å². The summed E-state index contributed by atoms with van der Waals surface area (Å²) in [6.07, 6.45) is 2.68. The maximum atomic E-state index is 12.6. The molecule has 3 nitrogen and oxygen atoms in total. The highest BCUT2D eigenvalue weighted by atomic mass is 16.5. The van der Waals surface area contributed by atoms with Crippen LogP contribution in [0.1, 0.15) is 42.3 Å². The zero-order valence-electron chi connectivity index (χ0n) is 15.2. The molecule has 0 amide bonds. The zero-order chi connectivity index (χ0) is 17.8. The van der Waals surface area contributed by atoms with Gasteiger partial charge in [0.15, 0.2) is 5.78 Å². The summed E-state index contributed by atoms with van der Waals surface area (Å²) in [4.78, 5) is 14.9. The van der Waals surface area contributed by atoms with Crippen molar-refractivity contribution in [1.82, 2.24) is 0 Å². The number of allylic oxidation sites excluding steroid dienone is 1. The second kappa shape index (κ2) is 7.56. The fourth-order valence-corrected chi connectivity index (χ4v) is 3.37. The second-order valence-corrected chi connectivity index (χ2v) is 6.16. The van der Waals surface area contributed by atoms with Gasteiger partial charge in [-0.15, -0.1) is 0 Å². The molecule has 0 atom stereocenters. The summed E-state index contributed by atoms with van der Waals surface area (Å²) >= 11 is 0. The minimum atomic E-state index is 0.130. The van der Waals surface area contributed by atoms with E-state index in [1.165, 1.54) is 0 Å². The van der Waals surface area contributed by atoms with E-state index in [-0.39, 0.29) is 5.78 Å². The van der Waals surface area contributed by atoms with E-state index < -0.39 is 0 Å². The van der Waals surface area contributed by atoms with Crippen molar-refractivity contribution in [2.45, 2.75) is 27.2 Å². The van der Waals surface area contributed by atoms with Crippen LogP contribution in [-0.4, -0.2) is 25.5 Å². The molecule has 0 spiro atoms. The standard InChI is InChI=1S/C22H25NO2/c1-4-23(5-2)19-12-11-17(21(15-19)25-6-3)14-18-13-16-9-7-8-10-20(16)22(18)24/h7-12,14-15H,4-6,13H2,1-3H3. The van der Waals surface area contributed by atoms with Crippen LogP contribution in [0.25, 0.3) is 6.08 Å². The van der Waals surface area contributed by atoms with E-state index in [1.54, 1.807) is 0 Å². The Balaban J connectivity index is 1.96. The monoisotopic (exact) mass is 335 g/mol. The molecule has 3 heteroatoms. The molecule has 130 valence electrons. The van der Waals surface area contributed by atoms with E-state index >= 15 is 0 Å². The number of nitrogens with zero attached hydrogens (tertiary/aromatic N) is 1. The van der Waals surface area contributed by atoms with E-state index in [1.807, 2.05) is 37.3 Å². The molecule has 1 aliphatic carbocycles. The summed E-state index contributed by atoms with van der Waals surface area (Å²) in [5, 5.41) is 0. The van der Waals surface area contributed by atoms with Crippen molar-refractivity contribution >= 4 is 17.5 Å². The van der Waals surface area contributed by atoms with Crippen LogP contribution in [0.5, 0.6) is 5.75 Å². The highest BCUT2D eigenvalue weighted by Crippen LogP contribution is 2.32. The molecule has 0 N–H and O–H groups in total. The largest absolute Gasteiger partial charge is 0.493 e. The van der Waals surface area contributed by atoms with Crippen molar-refractivity contribution in [1.29, 1.82) is 0 Å². The third kappa shape index (κ3) is 3.46. The molecule has 2 aromatic rings. The first kappa shape index (κ1) is 17.3. The van der Waals surface area contributed by atoms with Gasteiger partial charge in [0, 0.05) is 48.0 Å². The fraction of sp³-hybridized carbons (Fsp3) is 0.318. The smallest absolute Gasteiger partial charge is 0.189 e. The lowest BCUT2D eigenvalue weighted by molar-refractivity contribution is 0.104. The Bertz CT molecular complexity index is 803. The van der Waals surface area contributed by atoms with Gasteiger partial charge in [-0.25, -0.2) is 0 Å². The third-order valence-electron chi connectivity index (χ3n) is 4.69. The van der Waals surface area contributed by atoms with Gasteiger partial charge in [-0.05, 0) is 44.5 Å². The quantitative estimate of drug-likeness (QED) is 0.713. The Morgan fingerprint density at radius 2 is 1.84 bits per heavy atom. The summed E-state index contributed by atoms with van der Waals surface area (Å²) in [6, 6.07) is 14.1. The van der Waals surface area contributed by atoms with Crippen molar-refractivity contribution in [2.24, 2.45) is 0 Å². The van der Waals surface area contributed by atoms with Gasteiger partial charge < -0.3 is 9.64 Å². The average Bonchev–Trinajstić information content (AvgIpc) is 2.94. The molecule has 1 aliphatic rings. The van der Waals surface area contributed by atoms with E-state index in [9.17, 15) is 4.79 Å². The molecular weight excluding hydrogens is 310 g/mol. The first-order valence-electron chi connectivity index (χ1n) is 9.02. The molecule has 0 bridgehead atoms. The molecule has 25 heavy (non-hydrogen) atoms. The summed E-state index contributed by atoms with van der Waals surface area (Å²) in [6.45, 7) is 8.79. The summed E-state index contributed by atoms with van der Waals surface area (Å²) in [7, 11) is 0. The van der Waals surface area contributed by atoms with E-state index in [0.29, 0.717) is 13.0 Å². The van der Waals surface area contributed by atoms with Crippen LogP contribution in [0.15, 0.2) is 48.0 Å². The van der Waals surface area contributed by atoms with Crippen LogP contribution in [0.4, 0.5) is 5.69 Å². The molecule has 0 radical (unpaired) electrons. The number of benzene rings is 2. The maximum Gasteiger partial charge on any atom is 0.189 e. The number of ether oxygens (including phenoxy) is 1. The highest BCUT2D eigenvalue weighted by molar-refractivity contribution is 6.15. The van der Waals surface area contributed by atoms with Crippen LogP contribution in [0.2, 0.25) is 0 Å². The van der Waals surface area contributed by atoms with Crippen molar-refractivity contribution < 1.29 is 9.53 Å². The van der Waals surface area contributed by atoms with Crippen molar-refractivity contribution in [3.05, 3.63) is 64.7 Å². The van der Waals surface area contributed by atoms with Gasteiger partial charge in [0.25, 0.3) is 0 Å². The number of ketones is 1. The Labute approximate surface area is 149 Å². The number of carbonyl (C=O) groups excluding carboxylic acids is 1. The topological polar surface area (TPSA) is 29.5 Å². The molecule has 0 saturated carbocycles. The van der Waals surface area contributed by atoms with Gasteiger partial charge in [0.1, 0.15) is 5.75 Å². The van der Waals surface area contributed by atoms with Gasteiger partial charge >= 0.3 is 0 Å². The minimum absolute atomic E-state index is 0.130. The maximum absolute atomic E-state index is 12.6. The van der Waals surface area contributed by atoms with Gasteiger partial charge in [-0.2, -0.15) is 0 Å². The predicted octanol–water partition coefficient (Wildman–Crippen LogP) is 4.75. The molecule has 0 saturated heterocycles. The molecule has 0 unspecified atom stereocenters. The molecule has 3 rings (SSSR count). The first-order valence-corrected chi connectivity index (χ1v) is 9.02. The number of anilines is 1. The number of carbonyl (C=O) groups is 1.